The average Bonchev–Trinajstić information content (AvgIpc) is 2.98. The molecule has 1 aliphatic heterocycles. The van der Waals surface area contributed by atoms with E-state index in [-0.39, 0.29) is 0 Å². The van der Waals surface area contributed by atoms with Crippen LogP contribution in [0.25, 0.3) is 0 Å². The van der Waals surface area contributed by atoms with Gasteiger partial charge in [0.25, 0.3) is 0 Å². The van der Waals surface area contributed by atoms with E-state index in [1.54, 1.807) is 0 Å². The predicted molar refractivity (Wildman–Crippen MR) is 58.6 cm³/mol. The Kier molecular flexibility index (Phi) is 3.56. The molecule has 1 aromatic rings. The van der Waals surface area contributed by atoms with Gasteiger partial charge in [-0.05, 0) is 5.56 Å². The normalized spacial score (nSPS) is 24.9. The zero-order chi connectivity index (χ0) is 9.80. The van der Waals surface area contributed by atoms with Crippen molar-refractivity contribution >= 4 is 15.9 Å². The maximum Gasteiger partial charge on any atom is 0.108 e. The second kappa shape index (κ2) is 4.91. The topological polar surface area (TPSA) is 21.8 Å². The molecule has 14 heavy (non-hydrogen) atoms. The molecule has 76 valence electrons. The lowest BCUT2D eigenvalue weighted by Gasteiger charge is -2.01. The van der Waals surface area contributed by atoms with Gasteiger partial charge in [-0.1, -0.05) is 46.3 Å². The summed E-state index contributed by atoms with van der Waals surface area (Å²) in [6.45, 7) is 1.38. The van der Waals surface area contributed by atoms with E-state index < -0.39 is 0 Å². The van der Waals surface area contributed by atoms with E-state index >= 15 is 0 Å². The third-order valence-electron chi connectivity index (χ3n) is 2.23. The van der Waals surface area contributed by atoms with Crippen molar-refractivity contribution in [2.75, 3.05) is 11.9 Å². The molecule has 0 saturated carbocycles. The van der Waals surface area contributed by atoms with Crippen LogP contribution in [0.15, 0.2) is 30.3 Å². The van der Waals surface area contributed by atoms with E-state index in [9.17, 15) is 0 Å². The monoisotopic (exact) mass is 256 g/mol. The second-order valence-electron chi connectivity index (χ2n) is 3.37. The number of alkyl halides is 1. The molecule has 0 bridgehead atoms. The van der Waals surface area contributed by atoms with Crippen molar-refractivity contribution in [1.82, 2.24) is 0 Å². The molecular formula is C11H13BrO2. The van der Waals surface area contributed by atoms with Crippen molar-refractivity contribution in [3.63, 3.8) is 0 Å². The van der Waals surface area contributed by atoms with Crippen molar-refractivity contribution in [3.8, 4) is 0 Å². The first-order valence-corrected chi connectivity index (χ1v) is 5.85. The highest BCUT2D eigenvalue weighted by molar-refractivity contribution is 9.09. The van der Waals surface area contributed by atoms with Gasteiger partial charge in [-0.15, -0.1) is 0 Å². The molecular weight excluding hydrogens is 244 g/mol. The van der Waals surface area contributed by atoms with E-state index in [1.807, 2.05) is 18.2 Å². The smallest absolute Gasteiger partial charge is 0.108 e. The first kappa shape index (κ1) is 10.1. The molecule has 0 aromatic heterocycles. The van der Waals surface area contributed by atoms with Crippen LogP contribution in [-0.4, -0.2) is 24.1 Å². The fourth-order valence-corrected chi connectivity index (χ4v) is 1.90. The summed E-state index contributed by atoms with van der Waals surface area (Å²) in [4.78, 5) is 0. The van der Waals surface area contributed by atoms with Crippen LogP contribution in [0.1, 0.15) is 5.56 Å². The molecule has 2 rings (SSSR count). The summed E-state index contributed by atoms with van der Waals surface area (Å²) in [5.41, 5.74) is 1.21. The number of ether oxygens (including phenoxy) is 2. The lowest BCUT2D eigenvalue weighted by molar-refractivity contribution is 0.104. The molecule has 3 heteroatoms. The largest absolute Gasteiger partial charge is 0.374 e. The predicted octanol–water partition coefficient (Wildman–Crippen LogP) is 2.37. The van der Waals surface area contributed by atoms with Gasteiger partial charge in [-0.25, -0.2) is 0 Å². The Morgan fingerprint density at radius 3 is 2.64 bits per heavy atom. The van der Waals surface area contributed by atoms with E-state index in [0.717, 1.165) is 5.33 Å². The number of hydrogen-bond donors (Lipinski definition) is 0. The van der Waals surface area contributed by atoms with Crippen molar-refractivity contribution in [1.29, 1.82) is 0 Å². The van der Waals surface area contributed by atoms with Crippen LogP contribution >= 0.6 is 15.9 Å². The minimum absolute atomic E-state index is 0.304. The average molecular weight is 257 g/mol. The Hall–Kier alpha value is -0.380. The van der Waals surface area contributed by atoms with Gasteiger partial charge in [0.05, 0.1) is 19.3 Å². The molecule has 0 unspecified atom stereocenters. The lowest BCUT2D eigenvalue weighted by atomic mass is 10.2. The van der Waals surface area contributed by atoms with Crippen LogP contribution in [0, 0.1) is 0 Å². The number of rotatable bonds is 5. The summed E-state index contributed by atoms with van der Waals surface area (Å²) in [6, 6.07) is 10.2. The fourth-order valence-electron chi connectivity index (χ4n) is 1.33. The van der Waals surface area contributed by atoms with E-state index in [1.165, 1.54) is 5.56 Å². The summed E-state index contributed by atoms with van der Waals surface area (Å²) >= 11 is 3.37. The van der Waals surface area contributed by atoms with Crippen LogP contribution < -0.4 is 0 Å². The number of halogens is 1. The van der Waals surface area contributed by atoms with E-state index in [0.29, 0.717) is 25.4 Å². The summed E-state index contributed by atoms with van der Waals surface area (Å²) < 4.78 is 10.9. The SMILES string of the molecule is BrC[C@H]1O[C@H]1COCc1ccccc1. The molecule has 1 saturated heterocycles. The zero-order valence-electron chi connectivity index (χ0n) is 7.86. The van der Waals surface area contributed by atoms with Crippen LogP contribution in [0.3, 0.4) is 0 Å². The van der Waals surface area contributed by atoms with Crippen LogP contribution in [0.5, 0.6) is 0 Å². The molecule has 0 amide bonds. The third-order valence-corrected chi connectivity index (χ3v) is 2.87. The first-order valence-electron chi connectivity index (χ1n) is 4.73. The molecule has 0 radical (unpaired) electrons. The van der Waals surface area contributed by atoms with Gasteiger partial charge in [0.15, 0.2) is 0 Å². The molecule has 1 heterocycles. The van der Waals surface area contributed by atoms with Crippen LogP contribution in [0.2, 0.25) is 0 Å². The van der Waals surface area contributed by atoms with Crippen molar-refractivity contribution in [2.45, 2.75) is 18.8 Å². The highest BCUT2D eigenvalue weighted by atomic mass is 79.9. The molecule has 2 atom stereocenters. The summed E-state index contributed by atoms with van der Waals surface area (Å²) in [5.74, 6) is 0. The molecule has 1 fully saturated rings. The lowest BCUT2D eigenvalue weighted by Crippen LogP contribution is -2.05. The van der Waals surface area contributed by atoms with Gasteiger partial charge in [0.2, 0.25) is 0 Å². The summed E-state index contributed by atoms with van der Waals surface area (Å²) in [7, 11) is 0. The standard InChI is InChI=1S/C11H13BrO2/c12-6-10-11(14-10)8-13-7-9-4-2-1-3-5-9/h1-5,10-11H,6-8H2/t10-,11+/m1/s1. The molecule has 0 spiro atoms. The quantitative estimate of drug-likeness (QED) is 0.596. The molecule has 2 nitrogen and oxygen atoms in total. The highest BCUT2D eigenvalue weighted by Crippen LogP contribution is 2.24. The Balaban J connectivity index is 1.64. The number of epoxide rings is 1. The maximum atomic E-state index is 5.53. The first-order chi connectivity index (χ1) is 6.90. The minimum atomic E-state index is 0.304. The van der Waals surface area contributed by atoms with Crippen LogP contribution in [-0.2, 0) is 16.1 Å². The zero-order valence-corrected chi connectivity index (χ0v) is 9.44. The van der Waals surface area contributed by atoms with Gasteiger partial charge in [-0.3, -0.25) is 0 Å². The molecule has 0 aliphatic carbocycles. The minimum Gasteiger partial charge on any atom is -0.374 e. The van der Waals surface area contributed by atoms with E-state index in [2.05, 4.69) is 28.1 Å². The van der Waals surface area contributed by atoms with Gasteiger partial charge in [0, 0.05) is 5.33 Å². The van der Waals surface area contributed by atoms with Crippen molar-refractivity contribution < 1.29 is 9.47 Å². The summed E-state index contributed by atoms with van der Waals surface area (Å²) in [6.07, 6.45) is 0.670. The number of benzene rings is 1. The van der Waals surface area contributed by atoms with Crippen LogP contribution in [0.4, 0.5) is 0 Å². The molecule has 1 aliphatic rings. The Bertz CT molecular complexity index is 276. The Morgan fingerprint density at radius 2 is 2.00 bits per heavy atom. The fraction of sp³-hybridized carbons (Fsp3) is 0.455. The van der Waals surface area contributed by atoms with Gasteiger partial charge < -0.3 is 9.47 Å². The Morgan fingerprint density at radius 1 is 1.21 bits per heavy atom. The van der Waals surface area contributed by atoms with Gasteiger partial charge >= 0.3 is 0 Å². The van der Waals surface area contributed by atoms with Crippen molar-refractivity contribution in [3.05, 3.63) is 35.9 Å². The number of hydrogen-bond acceptors (Lipinski definition) is 2. The second-order valence-corrected chi connectivity index (χ2v) is 4.02. The molecule has 0 N–H and O–H groups in total. The maximum absolute atomic E-state index is 5.53. The summed E-state index contributed by atoms with van der Waals surface area (Å²) in [5, 5.41) is 0.909. The molecule has 1 aromatic carbocycles. The third kappa shape index (κ3) is 2.80. The van der Waals surface area contributed by atoms with Gasteiger partial charge in [0.1, 0.15) is 6.10 Å². The highest BCUT2D eigenvalue weighted by Gasteiger charge is 2.37. The Labute approximate surface area is 92.3 Å². The van der Waals surface area contributed by atoms with Crippen molar-refractivity contribution in [2.24, 2.45) is 0 Å². The van der Waals surface area contributed by atoms with E-state index in [4.69, 9.17) is 9.47 Å². The van der Waals surface area contributed by atoms with Gasteiger partial charge in [-0.2, -0.15) is 0 Å².